The fourth-order valence-corrected chi connectivity index (χ4v) is 2.68. The SMILES string of the molecule is CC(C)c1ccc(N2C(=O)CC(C#N)C2(C)C)cc1. The molecular weight excluding hydrogens is 236 g/mol. The molecule has 0 radical (unpaired) electrons. The molecule has 0 aliphatic carbocycles. The zero-order valence-corrected chi connectivity index (χ0v) is 12.0. The molecule has 3 heteroatoms. The first kappa shape index (κ1) is 13.6. The lowest BCUT2D eigenvalue weighted by molar-refractivity contribution is -0.117. The number of hydrogen-bond donors (Lipinski definition) is 0. The first-order chi connectivity index (χ1) is 8.87. The molecule has 0 aromatic heterocycles. The number of carbonyl (C=O) groups is 1. The van der Waals surface area contributed by atoms with Crippen LogP contribution in [-0.2, 0) is 4.79 Å². The van der Waals surface area contributed by atoms with Crippen LogP contribution in [0.4, 0.5) is 5.69 Å². The summed E-state index contributed by atoms with van der Waals surface area (Å²) in [5.41, 5.74) is 1.70. The van der Waals surface area contributed by atoms with E-state index in [1.54, 1.807) is 4.90 Å². The smallest absolute Gasteiger partial charge is 0.228 e. The molecule has 1 saturated heterocycles. The van der Waals surface area contributed by atoms with Crippen molar-refractivity contribution in [2.24, 2.45) is 5.92 Å². The molecule has 0 bridgehead atoms. The van der Waals surface area contributed by atoms with Crippen molar-refractivity contribution in [3.05, 3.63) is 29.8 Å². The fourth-order valence-electron chi connectivity index (χ4n) is 2.68. The molecule has 3 nitrogen and oxygen atoms in total. The maximum atomic E-state index is 12.2. The lowest BCUT2D eigenvalue weighted by Crippen LogP contribution is -2.44. The largest absolute Gasteiger partial charge is 0.306 e. The summed E-state index contributed by atoms with van der Waals surface area (Å²) in [7, 11) is 0. The van der Waals surface area contributed by atoms with Crippen molar-refractivity contribution in [3.63, 3.8) is 0 Å². The second-order valence-electron chi connectivity index (χ2n) is 6.01. The molecule has 2 rings (SSSR count). The van der Waals surface area contributed by atoms with Crippen LogP contribution in [0.1, 0.15) is 45.6 Å². The Bertz CT molecular complexity index is 523. The van der Waals surface area contributed by atoms with Gasteiger partial charge in [0.15, 0.2) is 0 Å². The van der Waals surface area contributed by atoms with Gasteiger partial charge in [0.2, 0.25) is 5.91 Å². The van der Waals surface area contributed by atoms with E-state index in [4.69, 9.17) is 0 Å². The first-order valence-electron chi connectivity index (χ1n) is 6.70. The van der Waals surface area contributed by atoms with Gasteiger partial charge in [-0.25, -0.2) is 0 Å². The maximum absolute atomic E-state index is 12.2. The third kappa shape index (κ3) is 2.23. The van der Waals surface area contributed by atoms with Gasteiger partial charge in [-0.3, -0.25) is 4.79 Å². The summed E-state index contributed by atoms with van der Waals surface area (Å²) in [6.45, 7) is 8.21. The molecule has 0 spiro atoms. The van der Waals surface area contributed by atoms with E-state index in [2.05, 4.69) is 32.0 Å². The maximum Gasteiger partial charge on any atom is 0.228 e. The van der Waals surface area contributed by atoms with Crippen molar-refractivity contribution >= 4 is 11.6 Å². The second-order valence-corrected chi connectivity index (χ2v) is 6.01. The molecular formula is C16H20N2O. The summed E-state index contributed by atoms with van der Waals surface area (Å²) < 4.78 is 0. The van der Waals surface area contributed by atoms with Gasteiger partial charge in [-0.2, -0.15) is 5.26 Å². The van der Waals surface area contributed by atoms with Crippen LogP contribution >= 0.6 is 0 Å². The highest BCUT2D eigenvalue weighted by Crippen LogP contribution is 2.39. The molecule has 0 N–H and O–H groups in total. The van der Waals surface area contributed by atoms with Gasteiger partial charge in [0, 0.05) is 12.1 Å². The van der Waals surface area contributed by atoms with Gasteiger partial charge in [0.05, 0.1) is 17.5 Å². The summed E-state index contributed by atoms with van der Waals surface area (Å²) in [6.07, 6.45) is 0.315. The van der Waals surface area contributed by atoms with Crippen molar-refractivity contribution in [1.29, 1.82) is 5.26 Å². The molecule has 1 heterocycles. The number of hydrogen-bond acceptors (Lipinski definition) is 2. The van der Waals surface area contributed by atoms with Gasteiger partial charge in [0.1, 0.15) is 0 Å². The van der Waals surface area contributed by atoms with Crippen molar-refractivity contribution in [2.75, 3.05) is 4.90 Å². The average molecular weight is 256 g/mol. The van der Waals surface area contributed by atoms with Crippen LogP contribution in [0, 0.1) is 17.2 Å². The van der Waals surface area contributed by atoms with Gasteiger partial charge in [-0.1, -0.05) is 26.0 Å². The Labute approximate surface area is 114 Å². The Balaban J connectivity index is 2.36. The van der Waals surface area contributed by atoms with E-state index in [0.29, 0.717) is 12.3 Å². The number of rotatable bonds is 2. The molecule has 1 fully saturated rings. The quantitative estimate of drug-likeness (QED) is 0.813. The van der Waals surface area contributed by atoms with Crippen molar-refractivity contribution in [1.82, 2.24) is 0 Å². The molecule has 1 aliphatic rings. The highest BCUT2D eigenvalue weighted by Gasteiger charge is 2.47. The standard InChI is InChI=1S/C16H20N2O/c1-11(2)12-5-7-14(8-6-12)18-15(19)9-13(10-17)16(18,3)4/h5-8,11,13H,9H2,1-4H3. The van der Waals surface area contributed by atoms with E-state index in [-0.39, 0.29) is 11.8 Å². The highest BCUT2D eigenvalue weighted by atomic mass is 16.2. The minimum Gasteiger partial charge on any atom is -0.306 e. The van der Waals surface area contributed by atoms with E-state index in [9.17, 15) is 10.1 Å². The summed E-state index contributed by atoms with van der Waals surface area (Å²) in [6, 6.07) is 10.3. The number of nitrogens with zero attached hydrogens (tertiary/aromatic N) is 2. The third-order valence-electron chi connectivity index (χ3n) is 4.03. The van der Waals surface area contributed by atoms with Crippen LogP contribution in [0.5, 0.6) is 0 Å². The first-order valence-corrected chi connectivity index (χ1v) is 6.70. The van der Waals surface area contributed by atoms with Crippen molar-refractivity contribution in [3.8, 4) is 6.07 Å². The zero-order chi connectivity index (χ0) is 14.2. The van der Waals surface area contributed by atoms with Crippen LogP contribution in [0.25, 0.3) is 0 Å². The minimum absolute atomic E-state index is 0.0360. The molecule has 1 amide bonds. The van der Waals surface area contributed by atoms with Gasteiger partial charge in [-0.05, 0) is 37.5 Å². The number of carbonyl (C=O) groups excluding carboxylic acids is 1. The van der Waals surface area contributed by atoms with Gasteiger partial charge in [-0.15, -0.1) is 0 Å². The summed E-state index contributed by atoms with van der Waals surface area (Å²) in [4.78, 5) is 13.9. The Hall–Kier alpha value is -1.82. The highest BCUT2D eigenvalue weighted by molar-refractivity contribution is 5.98. The lowest BCUT2D eigenvalue weighted by Gasteiger charge is -2.33. The minimum atomic E-state index is -0.439. The molecule has 1 aliphatic heterocycles. The zero-order valence-electron chi connectivity index (χ0n) is 12.0. The second kappa shape index (κ2) is 4.70. The molecule has 1 atom stereocenters. The Morgan fingerprint density at radius 2 is 1.89 bits per heavy atom. The number of anilines is 1. The third-order valence-corrected chi connectivity index (χ3v) is 4.03. The predicted octanol–water partition coefficient (Wildman–Crippen LogP) is 3.47. The number of amides is 1. The molecule has 1 aromatic carbocycles. The van der Waals surface area contributed by atoms with Gasteiger partial charge in [0.25, 0.3) is 0 Å². The predicted molar refractivity (Wildman–Crippen MR) is 75.8 cm³/mol. The number of nitriles is 1. The van der Waals surface area contributed by atoms with Crippen molar-refractivity contribution in [2.45, 2.75) is 45.6 Å². The summed E-state index contributed by atoms with van der Waals surface area (Å²) >= 11 is 0. The lowest BCUT2D eigenvalue weighted by atomic mass is 9.89. The summed E-state index contributed by atoms with van der Waals surface area (Å²) in [5.74, 6) is 0.266. The van der Waals surface area contributed by atoms with Crippen LogP contribution in [0.3, 0.4) is 0 Å². The van der Waals surface area contributed by atoms with Crippen LogP contribution in [0.15, 0.2) is 24.3 Å². The van der Waals surface area contributed by atoms with Crippen LogP contribution in [0.2, 0.25) is 0 Å². The number of benzene rings is 1. The average Bonchev–Trinajstić information content (AvgIpc) is 2.59. The van der Waals surface area contributed by atoms with E-state index in [0.717, 1.165) is 5.69 Å². The van der Waals surface area contributed by atoms with Crippen LogP contribution < -0.4 is 4.90 Å². The van der Waals surface area contributed by atoms with Crippen molar-refractivity contribution < 1.29 is 4.79 Å². The Morgan fingerprint density at radius 1 is 1.32 bits per heavy atom. The Kier molecular flexibility index (Phi) is 3.36. The van der Waals surface area contributed by atoms with Gasteiger partial charge < -0.3 is 4.90 Å². The van der Waals surface area contributed by atoms with Crippen LogP contribution in [-0.4, -0.2) is 11.4 Å². The molecule has 100 valence electrons. The topological polar surface area (TPSA) is 44.1 Å². The Morgan fingerprint density at radius 3 is 2.32 bits per heavy atom. The molecule has 1 unspecified atom stereocenters. The van der Waals surface area contributed by atoms with E-state index < -0.39 is 5.54 Å². The molecule has 0 saturated carbocycles. The summed E-state index contributed by atoms with van der Waals surface area (Å²) in [5, 5.41) is 9.17. The van der Waals surface area contributed by atoms with E-state index in [1.807, 2.05) is 26.0 Å². The molecule has 19 heavy (non-hydrogen) atoms. The van der Waals surface area contributed by atoms with E-state index in [1.165, 1.54) is 5.56 Å². The monoisotopic (exact) mass is 256 g/mol. The fraction of sp³-hybridized carbons (Fsp3) is 0.500. The molecule has 1 aromatic rings. The van der Waals surface area contributed by atoms with E-state index >= 15 is 0 Å². The normalized spacial score (nSPS) is 21.8. The van der Waals surface area contributed by atoms with Gasteiger partial charge >= 0.3 is 0 Å².